The molecule has 0 fully saturated rings. The zero-order chi connectivity index (χ0) is 16.4. The van der Waals surface area contributed by atoms with Crippen LogP contribution in [0.15, 0.2) is 53.5 Å². The molecule has 1 heterocycles. The standard InChI is InChI=1S/C16H13N3O3S/c1-2-18-13-9-8-12(19(21)22)10-14(13)23-16(18)17-15(20)11-6-4-3-5-7-11/h3-10H,2H2,1H3. The minimum atomic E-state index is -0.429. The molecule has 0 aliphatic carbocycles. The maximum atomic E-state index is 12.3. The first-order chi connectivity index (χ1) is 11.1. The van der Waals surface area contributed by atoms with Crippen LogP contribution in [0.4, 0.5) is 5.69 Å². The SMILES string of the molecule is CCn1c(=NC(=O)c2ccccc2)sc2cc([N+](=O)[O-])ccc21. The molecule has 0 atom stereocenters. The van der Waals surface area contributed by atoms with Crippen LogP contribution in [-0.4, -0.2) is 15.4 Å². The van der Waals surface area contributed by atoms with Gasteiger partial charge in [0.2, 0.25) is 0 Å². The molecule has 7 heteroatoms. The van der Waals surface area contributed by atoms with Crippen LogP contribution in [0, 0.1) is 10.1 Å². The summed E-state index contributed by atoms with van der Waals surface area (Å²) in [5.74, 6) is -0.325. The molecule has 1 amide bonds. The molecule has 0 aliphatic heterocycles. The van der Waals surface area contributed by atoms with Crippen molar-refractivity contribution in [2.75, 3.05) is 0 Å². The fourth-order valence-electron chi connectivity index (χ4n) is 2.30. The van der Waals surface area contributed by atoms with E-state index < -0.39 is 4.92 Å². The lowest BCUT2D eigenvalue weighted by atomic mass is 10.2. The zero-order valence-corrected chi connectivity index (χ0v) is 13.1. The third-order valence-electron chi connectivity index (χ3n) is 3.41. The summed E-state index contributed by atoms with van der Waals surface area (Å²) in [6.45, 7) is 2.57. The van der Waals surface area contributed by atoms with E-state index in [9.17, 15) is 14.9 Å². The molecule has 6 nitrogen and oxygen atoms in total. The average molecular weight is 327 g/mol. The van der Waals surface area contributed by atoms with Gasteiger partial charge in [0.05, 0.1) is 15.1 Å². The van der Waals surface area contributed by atoms with Crippen molar-refractivity contribution < 1.29 is 9.72 Å². The highest BCUT2D eigenvalue weighted by Crippen LogP contribution is 2.23. The van der Waals surface area contributed by atoms with Crippen molar-refractivity contribution in [2.24, 2.45) is 4.99 Å². The Morgan fingerprint density at radius 1 is 1.26 bits per heavy atom. The number of amides is 1. The van der Waals surface area contributed by atoms with E-state index in [4.69, 9.17) is 0 Å². The first-order valence-corrected chi connectivity index (χ1v) is 7.83. The van der Waals surface area contributed by atoms with Gasteiger partial charge in [0.15, 0.2) is 4.80 Å². The van der Waals surface area contributed by atoms with Gasteiger partial charge in [-0.2, -0.15) is 4.99 Å². The predicted molar refractivity (Wildman–Crippen MR) is 88.5 cm³/mol. The zero-order valence-electron chi connectivity index (χ0n) is 12.3. The molecular weight excluding hydrogens is 314 g/mol. The number of rotatable bonds is 3. The molecule has 0 saturated carbocycles. The summed E-state index contributed by atoms with van der Waals surface area (Å²) < 4.78 is 2.62. The number of nitrogens with zero attached hydrogens (tertiary/aromatic N) is 3. The van der Waals surface area contributed by atoms with E-state index in [2.05, 4.69) is 4.99 Å². The van der Waals surface area contributed by atoms with E-state index in [1.54, 1.807) is 30.3 Å². The average Bonchev–Trinajstić information content (AvgIpc) is 2.91. The lowest BCUT2D eigenvalue weighted by Gasteiger charge is -2.00. The summed E-state index contributed by atoms with van der Waals surface area (Å²) in [5, 5.41) is 10.9. The second kappa shape index (κ2) is 6.13. The lowest BCUT2D eigenvalue weighted by Crippen LogP contribution is -2.15. The number of nitro groups is 1. The normalized spacial score (nSPS) is 11.8. The number of fused-ring (bicyclic) bond motifs is 1. The van der Waals surface area contributed by atoms with Crippen LogP contribution < -0.4 is 4.80 Å². The lowest BCUT2D eigenvalue weighted by molar-refractivity contribution is -0.384. The van der Waals surface area contributed by atoms with Crippen LogP contribution in [0.1, 0.15) is 17.3 Å². The van der Waals surface area contributed by atoms with Crippen molar-refractivity contribution in [1.29, 1.82) is 0 Å². The van der Waals surface area contributed by atoms with Crippen molar-refractivity contribution in [2.45, 2.75) is 13.5 Å². The number of aryl methyl sites for hydroxylation is 1. The van der Waals surface area contributed by atoms with Gasteiger partial charge in [-0.05, 0) is 25.1 Å². The fourth-order valence-corrected chi connectivity index (χ4v) is 3.42. The molecule has 0 bridgehead atoms. The summed E-state index contributed by atoms with van der Waals surface area (Å²) in [4.78, 5) is 27.4. The summed E-state index contributed by atoms with van der Waals surface area (Å²) >= 11 is 1.27. The maximum Gasteiger partial charge on any atom is 0.279 e. The van der Waals surface area contributed by atoms with Crippen molar-refractivity contribution in [1.82, 2.24) is 4.57 Å². The van der Waals surface area contributed by atoms with Gasteiger partial charge < -0.3 is 4.57 Å². The first-order valence-electron chi connectivity index (χ1n) is 7.02. The van der Waals surface area contributed by atoms with Crippen LogP contribution in [0.5, 0.6) is 0 Å². The van der Waals surface area contributed by atoms with Crippen molar-refractivity contribution in [3.63, 3.8) is 0 Å². The molecule has 1 aromatic heterocycles. The molecule has 0 radical (unpaired) electrons. The van der Waals surface area contributed by atoms with E-state index in [-0.39, 0.29) is 11.6 Å². The molecule has 0 aliphatic rings. The third kappa shape index (κ3) is 2.91. The highest BCUT2D eigenvalue weighted by Gasteiger charge is 2.12. The summed E-state index contributed by atoms with van der Waals surface area (Å²) in [7, 11) is 0. The number of hydrogen-bond acceptors (Lipinski definition) is 4. The number of carbonyl (C=O) groups excluding carboxylic acids is 1. The fraction of sp³-hybridized carbons (Fsp3) is 0.125. The molecule has 3 rings (SSSR count). The van der Waals surface area contributed by atoms with E-state index >= 15 is 0 Å². The van der Waals surface area contributed by atoms with Crippen LogP contribution in [0.3, 0.4) is 0 Å². The monoisotopic (exact) mass is 327 g/mol. The van der Waals surface area contributed by atoms with Gasteiger partial charge in [-0.1, -0.05) is 29.5 Å². The number of thiazole rings is 1. The van der Waals surface area contributed by atoms with Crippen LogP contribution >= 0.6 is 11.3 Å². The van der Waals surface area contributed by atoms with Gasteiger partial charge in [0.25, 0.3) is 11.6 Å². The summed E-state index contributed by atoms with van der Waals surface area (Å²) in [6.07, 6.45) is 0. The Labute approximate surface area is 135 Å². The Bertz CT molecular complexity index is 958. The second-order valence-corrected chi connectivity index (χ2v) is 5.83. The molecule has 116 valence electrons. The molecule has 2 aromatic carbocycles. The van der Waals surface area contributed by atoms with Crippen molar-refractivity contribution in [3.05, 3.63) is 69.0 Å². The predicted octanol–water partition coefficient (Wildman–Crippen LogP) is 3.37. The van der Waals surface area contributed by atoms with E-state index in [1.165, 1.54) is 23.5 Å². The van der Waals surface area contributed by atoms with E-state index in [0.717, 1.165) is 10.2 Å². The largest absolute Gasteiger partial charge is 0.317 e. The third-order valence-corrected chi connectivity index (χ3v) is 4.45. The number of benzene rings is 2. The number of hydrogen-bond donors (Lipinski definition) is 0. The van der Waals surface area contributed by atoms with E-state index in [0.29, 0.717) is 16.9 Å². The minimum absolute atomic E-state index is 0.0305. The highest BCUT2D eigenvalue weighted by atomic mass is 32.1. The minimum Gasteiger partial charge on any atom is -0.317 e. The molecule has 0 unspecified atom stereocenters. The Morgan fingerprint density at radius 2 is 2.00 bits per heavy atom. The number of aromatic nitrogens is 1. The molecule has 23 heavy (non-hydrogen) atoms. The number of nitro benzene ring substituents is 1. The van der Waals surface area contributed by atoms with Gasteiger partial charge in [0, 0.05) is 24.2 Å². The van der Waals surface area contributed by atoms with Crippen LogP contribution in [0.25, 0.3) is 10.2 Å². The highest BCUT2D eigenvalue weighted by molar-refractivity contribution is 7.16. The topological polar surface area (TPSA) is 77.5 Å². The quantitative estimate of drug-likeness (QED) is 0.546. The molecule has 0 N–H and O–H groups in total. The van der Waals surface area contributed by atoms with Crippen molar-refractivity contribution >= 4 is 33.1 Å². The Hall–Kier alpha value is -2.80. The Morgan fingerprint density at radius 3 is 2.65 bits per heavy atom. The number of carbonyl (C=O) groups is 1. The van der Waals surface area contributed by atoms with E-state index in [1.807, 2.05) is 17.6 Å². The first kappa shape index (κ1) is 15.1. The van der Waals surface area contributed by atoms with Gasteiger partial charge in [0.1, 0.15) is 0 Å². The summed E-state index contributed by atoms with van der Waals surface area (Å²) in [5.41, 5.74) is 1.38. The molecule has 0 spiro atoms. The Balaban J connectivity index is 2.15. The maximum absolute atomic E-state index is 12.3. The van der Waals surface area contributed by atoms with Crippen molar-refractivity contribution in [3.8, 4) is 0 Å². The second-order valence-electron chi connectivity index (χ2n) is 4.82. The molecule has 3 aromatic rings. The van der Waals surface area contributed by atoms with Gasteiger partial charge >= 0.3 is 0 Å². The van der Waals surface area contributed by atoms with Crippen LogP contribution in [-0.2, 0) is 6.54 Å². The van der Waals surface area contributed by atoms with Gasteiger partial charge in [-0.25, -0.2) is 0 Å². The smallest absolute Gasteiger partial charge is 0.279 e. The van der Waals surface area contributed by atoms with Gasteiger partial charge in [-0.15, -0.1) is 0 Å². The molecule has 0 saturated heterocycles. The molecular formula is C16H13N3O3S. The summed E-state index contributed by atoms with van der Waals surface area (Å²) in [6, 6.07) is 13.5. The van der Waals surface area contributed by atoms with Crippen LogP contribution in [0.2, 0.25) is 0 Å². The number of non-ortho nitro benzene ring substituents is 1. The van der Waals surface area contributed by atoms with Gasteiger partial charge in [-0.3, -0.25) is 14.9 Å². The Kier molecular flexibility index (Phi) is 4.03.